The number of aliphatic hydroxyl groups excluding tert-OH is 1. The summed E-state index contributed by atoms with van der Waals surface area (Å²) in [7, 11) is 3.32. The molecule has 0 spiro atoms. The average molecular weight is 254 g/mol. The molecule has 0 bridgehead atoms. The van der Waals surface area contributed by atoms with E-state index in [4.69, 9.17) is 4.74 Å². The van der Waals surface area contributed by atoms with Crippen LogP contribution in [0.5, 0.6) is 5.75 Å². The first kappa shape index (κ1) is 12.0. The smallest absolute Gasteiger partial charge is 0.163 e. The molecule has 6 nitrogen and oxygen atoms in total. The quantitative estimate of drug-likeness (QED) is 0.878. The van der Waals surface area contributed by atoms with Gasteiger partial charge in [-0.1, -0.05) is 11.4 Å². The summed E-state index contributed by atoms with van der Waals surface area (Å²) in [6, 6.07) is 0. The molecule has 1 N–H and O–H groups in total. The Bertz CT molecular complexity index is 508. The topological polar surface area (TPSA) is 73.1 Å². The van der Waals surface area contributed by atoms with Crippen molar-refractivity contribution in [3.05, 3.63) is 22.5 Å². The van der Waals surface area contributed by atoms with Gasteiger partial charge in [-0.3, -0.25) is 4.68 Å². The maximum atomic E-state index is 10.4. The zero-order valence-electron chi connectivity index (χ0n) is 9.91. The number of hydrogen-bond donors (Lipinski definition) is 1. The maximum absolute atomic E-state index is 10.4. The summed E-state index contributed by atoms with van der Waals surface area (Å²) < 4.78 is 10.6. The second kappa shape index (κ2) is 4.80. The number of aromatic nitrogens is 4. The number of ether oxygens (including phenoxy) is 1. The molecule has 17 heavy (non-hydrogen) atoms. The average Bonchev–Trinajstić information content (AvgIpc) is 2.93. The molecule has 0 aliphatic heterocycles. The highest BCUT2D eigenvalue weighted by Gasteiger charge is 2.24. The first-order valence-corrected chi connectivity index (χ1v) is 6.01. The largest absolute Gasteiger partial charge is 0.493 e. The zero-order valence-corrected chi connectivity index (χ0v) is 10.7. The van der Waals surface area contributed by atoms with E-state index in [1.54, 1.807) is 25.0 Å². The van der Waals surface area contributed by atoms with E-state index >= 15 is 0 Å². The Morgan fingerprint density at radius 3 is 3.00 bits per heavy atom. The molecule has 2 aromatic rings. The second-order valence-electron chi connectivity index (χ2n) is 3.56. The van der Waals surface area contributed by atoms with Crippen LogP contribution < -0.4 is 4.74 Å². The normalized spacial score (nSPS) is 12.7. The van der Waals surface area contributed by atoms with Crippen LogP contribution in [-0.2, 0) is 13.5 Å². The summed E-state index contributed by atoms with van der Waals surface area (Å²) >= 11 is 1.20. The standard InChI is InChI=1S/C10H14N4O2S/c1-4-6-10(17-13-12-6)9(15)8-7(16-3)5-11-14(8)2/h5,9,15H,4H2,1-3H3. The van der Waals surface area contributed by atoms with Gasteiger partial charge in [0.2, 0.25) is 0 Å². The van der Waals surface area contributed by atoms with Crippen LogP contribution in [0.4, 0.5) is 0 Å². The highest BCUT2D eigenvalue weighted by Crippen LogP contribution is 2.32. The van der Waals surface area contributed by atoms with E-state index in [0.717, 1.165) is 17.0 Å². The predicted molar refractivity (Wildman–Crippen MR) is 63.1 cm³/mol. The van der Waals surface area contributed by atoms with E-state index in [-0.39, 0.29) is 0 Å². The highest BCUT2D eigenvalue weighted by molar-refractivity contribution is 7.05. The lowest BCUT2D eigenvalue weighted by atomic mass is 10.1. The van der Waals surface area contributed by atoms with E-state index in [1.165, 1.54) is 11.5 Å². The van der Waals surface area contributed by atoms with Gasteiger partial charge in [0.05, 0.1) is 23.9 Å². The minimum Gasteiger partial charge on any atom is -0.493 e. The molecule has 0 amide bonds. The summed E-state index contributed by atoms with van der Waals surface area (Å²) in [4.78, 5) is 0.745. The van der Waals surface area contributed by atoms with Gasteiger partial charge in [-0.25, -0.2) is 0 Å². The van der Waals surface area contributed by atoms with Crippen molar-refractivity contribution in [2.45, 2.75) is 19.4 Å². The van der Waals surface area contributed by atoms with Crippen molar-refractivity contribution in [1.29, 1.82) is 0 Å². The molecule has 0 aromatic carbocycles. The molecular weight excluding hydrogens is 240 g/mol. The molecule has 7 heteroatoms. The predicted octanol–water partition coefficient (Wildman–Crippen LogP) is 0.924. The number of hydrogen-bond acceptors (Lipinski definition) is 6. The lowest BCUT2D eigenvalue weighted by Crippen LogP contribution is -2.08. The molecule has 2 aromatic heterocycles. The van der Waals surface area contributed by atoms with Crippen LogP contribution >= 0.6 is 11.5 Å². The number of aryl methyl sites for hydroxylation is 2. The van der Waals surface area contributed by atoms with E-state index in [2.05, 4.69) is 14.7 Å². The van der Waals surface area contributed by atoms with Crippen molar-refractivity contribution >= 4 is 11.5 Å². The molecule has 2 rings (SSSR count). The zero-order chi connectivity index (χ0) is 12.4. The summed E-state index contributed by atoms with van der Waals surface area (Å²) in [5.41, 5.74) is 1.43. The van der Waals surface area contributed by atoms with Crippen molar-refractivity contribution in [3.63, 3.8) is 0 Å². The molecule has 0 saturated heterocycles. The molecule has 0 aliphatic carbocycles. The van der Waals surface area contributed by atoms with Gasteiger partial charge >= 0.3 is 0 Å². The number of rotatable bonds is 4. The van der Waals surface area contributed by atoms with Gasteiger partial charge in [-0.05, 0) is 18.0 Å². The van der Waals surface area contributed by atoms with E-state index in [0.29, 0.717) is 11.4 Å². The Balaban J connectivity index is 2.43. The molecule has 1 atom stereocenters. The fourth-order valence-electron chi connectivity index (χ4n) is 1.69. The van der Waals surface area contributed by atoms with Gasteiger partial charge < -0.3 is 9.84 Å². The summed E-state index contributed by atoms with van der Waals surface area (Å²) in [5.74, 6) is 0.565. The van der Waals surface area contributed by atoms with Crippen LogP contribution in [0.2, 0.25) is 0 Å². The minimum atomic E-state index is -0.799. The third-order valence-electron chi connectivity index (χ3n) is 2.60. The van der Waals surface area contributed by atoms with Crippen molar-refractivity contribution < 1.29 is 9.84 Å². The summed E-state index contributed by atoms with van der Waals surface area (Å²) in [6.45, 7) is 1.98. The fraction of sp³-hybridized carbons (Fsp3) is 0.500. The molecule has 1 unspecified atom stereocenters. The highest BCUT2D eigenvalue weighted by atomic mass is 32.1. The van der Waals surface area contributed by atoms with Crippen LogP contribution in [0.15, 0.2) is 6.20 Å². The Labute approximate surface area is 103 Å². The monoisotopic (exact) mass is 254 g/mol. The van der Waals surface area contributed by atoms with Gasteiger partial charge in [-0.2, -0.15) is 5.10 Å². The van der Waals surface area contributed by atoms with Crippen molar-refractivity contribution in [2.75, 3.05) is 7.11 Å². The Hall–Kier alpha value is -1.47. The first-order valence-electron chi connectivity index (χ1n) is 5.24. The fourth-order valence-corrected chi connectivity index (χ4v) is 2.42. The van der Waals surface area contributed by atoms with Gasteiger partial charge in [0.15, 0.2) is 5.75 Å². The molecule has 0 saturated carbocycles. The molecule has 0 fully saturated rings. The summed E-state index contributed by atoms with van der Waals surface area (Å²) in [5, 5.41) is 18.4. The van der Waals surface area contributed by atoms with Gasteiger partial charge in [0.1, 0.15) is 11.8 Å². The van der Waals surface area contributed by atoms with Crippen LogP contribution in [0.3, 0.4) is 0 Å². The van der Waals surface area contributed by atoms with E-state index < -0.39 is 6.10 Å². The molecule has 92 valence electrons. The molecule has 2 heterocycles. The number of aliphatic hydroxyl groups is 1. The minimum absolute atomic E-state index is 0.565. The second-order valence-corrected chi connectivity index (χ2v) is 4.35. The van der Waals surface area contributed by atoms with E-state index in [9.17, 15) is 5.11 Å². The molecule has 0 radical (unpaired) electrons. The Morgan fingerprint density at radius 1 is 1.59 bits per heavy atom. The van der Waals surface area contributed by atoms with Crippen LogP contribution in [0, 0.1) is 0 Å². The SMILES string of the molecule is CCc1nnsc1C(O)c1c(OC)cnn1C. The van der Waals surface area contributed by atoms with Gasteiger partial charge in [0.25, 0.3) is 0 Å². The van der Waals surface area contributed by atoms with E-state index in [1.807, 2.05) is 6.92 Å². The summed E-state index contributed by atoms with van der Waals surface area (Å²) in [6.07, 6.45) is 1.52. The lowest BCUT2D eigenvalue weighted by molar-refractivity contribution is 0.206. The molecular formula is C10H14N4O2S. The van der Waals surface area contributed by atoms with Gasteiger partial charge in [-0.15, -0.1) is 5.10 Å². The third kappa shape index (κ3) is 2.03. The number of nitrogens with zero attached hydrogens (tertiary/aromatic N) is 4. The van der Waals surface area contributed by atoms with Crippen molar-refractivity contribution in [2.24, 2.45) is 7.05 Å². The number of methoxy groups -OCH3 is 1. The lowest BCUT2D eigenvalue weighted by Gasteiger charge is -2.11. The Morgan fingerprint density at radius 2 is 2.35 bits per heavy atom. The van der Waals surface area contributed by atoms with Crippen molar-refractivity contribution in [3.8, 4) is 5.75 Å². The maximum Gasteiger partial charge on any atom is 0.163 e. The third-order valence-corrected chi connectivity index (χ3v) is 3.42. The Kier molecular flexibility index (Phi) is 3.39. The van der Waals surface area contributed by atoms with Crippen LogP contribution in [-0.4, -0.2) is 31.6 Å². The van der Waals surface area contributed by atoms with Gasteiger partial charge in [0, 0.05) is 7.05 Å². The van der Waals surface area contributed by atoms with Crippen LogP contribution in [0.1, 0.15) is 29.3 Å². The first-order chi connectivity index (χ1) is 8.19. The van der Waals surface area contributed by atoms with Crippen molar-refractivity contribution in [1.82, 2.24) is 19.4 Å². The molecule has 0 aliphatic rings. The van der Waals surface area contributed by atoms with Crippen LogP contribution in [0.25, 0.3) is 0 Å².